The summed E-state index contributed by atoms with van der Waals surface area (Å²) in [7, 11) is 0. The fourth-order valence-corrected chi connectivity index (χ4v) is 2.17. The highest BCUT2D eigenvalue weighted by atomic mass is 16.6. The second kappa shape index (κ2) is 7.45. The number of fused-ring (bicyclic) bond motifs is 1. The van der Waals surface area contributed by atoms with E-state index >= 15 is 0 Å². The lowest BCUT2D eigenvalue weighted by atomic mass is 10.2. The molecule has 7 heteroatoms. The van der Waals surface area contributed by atoms with Gasteiger partial charge in [-0.05, 0) is 53.2 Å². The number of hydrogen-bond donors (Lipinski definition) is 1. The van der Waals surface area contributed by atoms with Crippen molar-refractivity contribution in [1.82, 2.24) is 19.9 Å². The van der Waals surface area contributed by atoms with Gasteiger partial charge in [0.15, 0.2) is 5.65 Å². The van der Waals surface area contributed by atoms with Crippen LogP contribution in [0.25, 0.3) is 11.7 Å². The lowest BCUT2D eigenvalue weighted by molar-refractivity contribution is -0.0179. The Morgan fingerprint density at radius 2 is 2.00 bits per heavy atom. The minimum absolute atomic E-state index is 0.265. The van der Waals surface area contributed by atoms with Crippen LogP contribution in [0.15, 0.2) is 25.0 Å². The Bertz CT molecular complexity index is 784. The van der Waals surface area contributed by atoms with Crippen molar-refractivity contribution in [3.63, 3.8) is 0 Å². The molecule has 142 valence electrons. The van der Waals surface area contributed by atoms with Crippen molar-refractivity contribution in [3.05, 3.63) is 36.3 Å². The summed E-state index contributed by atoms with van der Waals surface area (Å²) < 4.78 is 12.9. The maximum Gasteiger partial charge on any atom is 0.408 e. The van der Waals surface area contributed by atoms with E-state index in [9.17, 15) is 4.79 Å². The van der Waals surface area contributed by atoms with E-state index in [1.54, 1.807) is 23.0 Å². The number of aromatic nitrogens is 3. The molecule has 0 radical (unpaired) electrons. The molecule has 1 unspecified atom stereocenters. The number of nitrogens with one attached hydrogen (secondary N) is 1. The molecule has 0 aliphatic rings. The number of nitrogens with zero attached hydrogens (tertiary/aromatic N) is 3. The van der Waals surface area contributed by atoms with Gasteiger partial charge < -0.3 is 14.8 Å². The quantitative estimate of drug-likeness (QED) is 0.878. The molecular formula is C19H28N4O3. The number of rotatable bonds is 5. The molecule has 0 aromatic carbocycles. The lowest BCUT2D eigenvalue weighted by Gasteiger charge is -2.26. The van der Waals surface area contributed by atoms with Gasteiger partial charge >= 0.3 is 6.09 Å². The van der Waals surface area contributed by atoms with Gasteiger partial charge in [0.2, 0.25) is 0 Å². The van der Waals surface area contributed by atoms with Crippen molar-refractivity contribution in [1.29, 1.82) is 0 Å². The predicted molar refractivity (Wildman–Crippen MR) is 101 cm³/mol. The third-order valence-corrected chi connectivity index (χ3v) is 3.33. The van der Waals surface area contributed by atoms with Crippen molar-refractivity contribution >= 4 is 17.8 Å². The van der Waals surface area contributed by atoms with Gasteiger partial charge in [0.05, 0.1) is 36.3 Å². The molecule has 2 aromatic rings. The van der Waals surface area contributed by atoms with Crippen molar-refractivity contribution in [2.45, 2.75) is 58.8 Å². The Hall–Kier alpha value is -2.41. The van der Waals surface area contributed by atoms with Gasteiger partial charge in [0.1, 0.15) is 5.60 Å². The van der Waals surface area contributed by atoms with Crippen LogP contribution >= 0.6 is 0 Å². The number of amides is 1. The predicted octanol–water partition coefficient (Wildman–Crippen LogP) is 3.75. The van der Waals surface area contributed by atoms with E-state index in [1.165, 1.54) is 0 Å². The molecular weight excluding hydrogens is 332 g/mol. The van der Waals surface area contributed by atoms with Crippen LogP contribution in [0.1, 0.15) is 58.8 Å². The van der Waals surface area contributed by atoms with Gasteiger partial charge in [-0.15, -0.1) is 0 Å². The first-order valence-electron chi connectivity index (χ1n) is 8.58. The van der Waals surface area contributed by atoms with Gasteiger partial charge in [0, 0.05) is 0 Å². The van der Waals surface area contributed by atoms with E-state index in [1.807, 2.05) is 47.6 Å². The van der Waals surface area contributed by atoms with Crippen molar-refractivity contribution in [3.8, 4) is 0 Å². The second-order valence-electron chi connectivity index (χ2n) is 8.08. The van der Waals surface area contributed by atoms with E-state index < -0.39 is 17.7 Å². The fraction of sp³-hybridized carbons (Fsp3) is 0.526. The first-order chi connectivity index (χ1) is 12.0. The molecule has 1 amide bonds. The van der Waals surface area contributed by atoms with E-state index in [0.717, 1.165) is 5.56 Å². The third kappa shape index (κ3) is 5.84. The monoisotopic (exact) mass is 360 g/mol. The molecule has 0 saturated heterocycles. The zero-order chi connectivity index (χ0) is 19.5. The first kappa shape index (κ1) is 19.9. The maximum atomic E-state index is 12.2. The van der Waals surface area contributed by atoms with Crippen LogP contribution in [0.2, 0.25) is 0 Å². The first-order valence-corrected chi connectivity index (χ1v) is 8.58. The molecule has 26 heavy (non-hydrogen) atoms. The van der Waals surface area contributed by atoms with E-state index in [4.69, 9.17) is 9.47 Å². The summed E-state index contributed by atoms with van der Waals surface area (Å²) in [6, 6.07) is 1.41. The standard InChI is InChI=1S/C19H28N4O3/c1-8-13-9-16-21-14(11-23(16)20-10-13)15(12-25-18(2,3)4)22-17(24)26-19(5,6)7/h8-11,15H,1,12H2,2-7H3,(H,22,24). The van der Waals surface area contributed by atoms with Crippen LogP contribution in [0.4, 0.5) is 4.79 Å². The van der Waals surface area contributed by atoms with Crippen LogP contribution in [0.3, 0.4) is 0 Å². The van der Waals surface area contributed by atoms with Gasteiger partial charge in [0.25, 0.3) is 0 Å². The van der Waals surface area contributed by atoms with Crippen molar-refractivity contribution in [2.24, 2.45) is 0 Å². The van der Waals surface area contributed by atoms with Crippen molar-refractivity contribution < 1.29 is 14.3 Å². The Labute approximate surface area is 154 Å². The van der Waals surface area contributed by atoms with Gasteiger partial charge in [-0.2, -0.15) is 5.10 Å². The highest BCUT2D eigenvalue weighted by Gasteiger charge is 2.24. The minimum Gasteiger partial charge on any atom is -0.444 e. The van der Waals surface area contributed by atoms with Crippen LogP contribution < -0.4 is 5.32 Å². The Morgan fingerprint density at radius 1 is 1.31 bits per heavy atom. The molecule has 0 fully saturated rings. The highest BCUT2D eigenvalue weighted by Crippen LogP contribution is 2.19. The topological polar surface area (TPSA) is 77.8 Å². The average Bonchev–Trinajstić information content (AvgIpc) is 2.91. The van der Waals surface area contributed by atoms with Crippen molar-refractivity contribution in [2.75, 3.05) is 6.61 Å². The fourth-order valence-electron chi connectivity index (χ4n) is 2.17. The average molecular weight is 360 g/mol. The Balaban J connectivity index is 2.27. The number of imidazole rings is 1. The molecule has 2 heterocycles. The second-order valence-corrected chi connectivity index (χ2v) is 8.08. The van der Waals surface area contributed by atoms with Gasteiger partial charge in [-0.1, -0.05) is 12.7 Å². The van der Waals surface area contributed by atoms with Gasteiger partial charge in [-0.3, -0.25) is 0 Å². The zero-order valence-electron chi connectivity index (χ0n) is 16.4. The van der Waals surface area contributed by atoms with E-state index in [2.05, 4.69) is 22.0 Å². The molecule has 0 aliphatic carbocycles. The maximum absolute atomic E-state index is 12.2. The minimum atomic E-state index is -0.584. The molecule has 0 spiro atoms. The summed E-state index contributed by atoms with van der Waals surface area (Å²) >= 11 is 0. The van der Waals surface area contributed by atoms with Crippen LogP contribution in [-0.4, -0.2) is 38.5 Å². The number of hydrogen-bond acceptors (Lipinski definition) is 5. The SMILES string of the molecule is C=Cc1cnn2cc(C(COC(C)(C)C)NC(=O)OC(C)(C)C)nc2c1. The van der Waals surface area contributed by atoms with E-state index in [0.29, 0.717) is 11.3 Å². The molecule has 0 aliphatic heterocycles. The highest BCUT2D eigenvalue weighted by molar-refractivity contribution is 5.68. The van der Waals surface area contributed by atoms with E-state index in [-0.39, 0.29) is 12.2 Å². The van der Waals surface area contributed by atoms with Crippen LogP contribution in [-0.2, 0) is 9.47 Å². The summed E-state index contributed by atoms with van der Waals surface area (Å²) in [5.41, 5.74) is 1.26. The van der Waals surface area contributed by atoms with Crippen LogP contribution in [0, 0.1) is 0 Å². The molecule has 1 atom stereocenters. The number of carbonyl (C=O) groups excluding carboxylic acids is 1. The molecule has 0 bridgehead atoms. The normalized spacial score (nSPS) is 13.5. The molecule has 0 saturated carbocycles. The largest absolute Gasteiger partial charge is 0.444 e. The molecule has 2 aromatic heterocycles. The number of ether oxygens (including phenoxy) is 2. The summed E-state index contributed by atoms with van der Waals surface area (Å²) in [4.78, 5) is 16.8. The van der Waals surface area contributed by atoms with Gasteiger partial charge in [-0.25, -0.2) is 14.3 Å². The summed E-state index contributed by atoms with van der Waals surface area (Å²) in [5.74, 6) is 0. The summed E-state index contributed by atoms with van der Waals surface area (Å²) in [6.45, 7) is 15.3. The summed E-state index contributed by atoms with van der Waals surface area (Å²) in [6.07, 6.45) is 4.67. The molecule has 1 N–H and O–H groups in total. The summed E-state index contributed by atoms with van der Waals surface area (Å²) in [5, 5.41) is 7.14. The smallest absolute Gasteiger partial charge is 0.408 e. The van der Waals surface area contributed by atoms with Crippen LogP contribution in [0.5, 0.6) is 0 Å². The lowest BCUT2D eigenvalue weighted by Crippen LogP contribution is -2.38. The number of alkyl carbamates (subject to hydrolysis) is 1. The Kier molecular flexibility index (Phi) is 5.71. The Morgan fingerprint density at radius 3 is 2.58 bits per heavy atom. The number of carbonyl (C=O) groups is 1. The molecule has 7 nitrogen and oxygen atoms in total. The third-order valence-electron chi connectivity index (χ3n) is 3.33. The zero-order valence-corrected chi connectivity index (χ0v) is 16.4. The molecule has 2 rings (SSSR count).